The van der Waals surface area contributed by atoms with Gasteiger partial charge in [0.15, 0.2) is 5.65 Å². The molecule has 0 aliphatic heterocycles. The maximum absolute atomic E-state index is 12.6. The highest BCUT2D eigenvalue weighted by Crippen LogP contribution is 2.28. The molecule has 132 valence electrons. The summed E-state index contributed by atoms with van der Waals surface area (Å²) in [5.41, 5.74) is 1.99. The van der Waals surface area contributed by atoms with E-state index in [1.165, 1.54) is 0 Å². The fourth-order valence-electron chi connectivity index (χ4n) is 2.54. The molecule has 0 unspecified atom stereocenters. The second-order valence-electron chi connectivity index (χ2n) is 6.03. The van der Waals surface area contributed by atoms with Gasteiger partial charge in [-0.3, -0.25) is 4.79 Å². The quantitative estimate of drug-likeness (QED) is 0.521. The van der Waals surface area contributed by atoms with Crippen molar-refractivity contribution in [3.63, 3.8) is 0 Å². The molecule has 1 N–H and O–H groups in total. The number of para-hydroxylation sites is 1. The summed E-state index contributed by atoms with van der Waals surface area (Å²) < 4.78 is 1.83. The fourth-order valence-corrected chi connectivity index (χ4v) is 3.40. The number of nitrogens with one attached hydrogen (secondary N) is 1. The van der Waals surface area contributed by atoms with Crippen molar-refractivity contribution in [2.45, 2.75) is 31.2 Å². The zero-order chi connectivity index (χ0) is 18.5. The summed E-state index contributed by atoms with van der Waals surface area (Å²) in [5.74, 6) is 0.468. The molecule has 6 nitrogen and oxygen atoms in total. The normalized spacial score (nSPS) is 10.8. The Labute approximate surface area is 156 Å². The summed E-state index contributed by atoms with van der Waals surface area (Å²) in [5, 5.41) is 16.8. The van der Waals surface area contributed by atoms with Gasteiger partial charge in [0.25, 0.3) is 5.91 Å². The van der Waals surface area contributed by atoms with Gasteiger partial charge in [-0.25, -0.2) is 9.67 Å². The van der Waals surface area contributed by atoms with E-state index in [2.05, 4.69) is 21.5 Å². The maximum Gasteiger partial charge on any atom is 0.257 e. The Balaban J connectivity index is 1.80. The van der Waals surface area contributed by atoms with Crippen molar-refractivity contribution in [2.24, 2.45) is 0 Å². The lowest BCUT2D eigenvalue weighted by molar-refractivity contribution is 0.102. The first kappa shape index (κ1) is 18.0. The SMILES string of the molecule is CC(C)n1ncc2cc(C(=O)Nc3ccccc3SCCC#N)cnc21. The van der Waals surface area contributed by atoms with E-state index in [-0.39, 0.29) is 11.9 Å². The van der Waals surface area contributed by atoms with E-state index in [4.69, 9.17) is 5.26 Å². The van der Waals surface area contributed by atoms with Crippen LogP contribution in [0.2, 0.25) is 0 Å². The minimum atomic E-state index is -0.218. The number of pyridine rings is 1. The standard InChI is InChI=1S/C19H19N5OS/c1-13(2)24-18-14(12-22-24)10-15(11-21-18)19(25)23-16-6-3-4-7-17(16)26-9-5-8-20/h3-4,6-7,10-13H,5,9H2,1-2H3,(H,23,25). The predicted octanol–water partition coefficient (Wildman–Crippen LogP) is 4.27. The van der Waals surface area contributed by atoms with Gasteiger partial charge in [0.05, 0.1) is 23.5 Å². The summed E-state index contributed by atoms with van der Waals surface area (Å²) in [6.07, 6.45) is 3.77. The van der Waals surface area contributed by atoms with Crippen molar-refractivity contribution in [1.29, 1.82) is 5.26 Å². The number of anilines is 1. The Morgan fingerprint density at radius 1 is 1.35 bits per heavy atom. The number of nitriles is 1. The summed E-state index contributed by atoms with van der Waals surface area (Å²) >= 11 is 1.55. The van der Waals surface area contributed by atoms with Crippen molar-refractivity contribution in [3.8, 4) is 6.07 Å². The Kier molecular flexibility index (Phi) is 5.54. The number of hydrogen-bond donors (Lipinski definition) is 1. The van der Waals surface area contributed by atoms with Crippen LogP contribution in [0.4, 0.5) is 5.69 Å². The number of carbonyl (C=O) groups is 1. The van der Waals surface area contributed by atoms with Crippen LogP contribution < -0.4 is 5.32 Å². The van der Waals surface area contributed by atoms with Gasteiger partial charge >= 0.3 is 0 Å². The van der Waals surface area contributed by atoms with Crippen LogP contribution in [-0.4, -0.2) is 26.4 Å². The van der Waals surface area contributed by atoms with E-state index in [1.54, 1.807) is 30.2 Å². The van der Waals surface area contributed by atoms with Gasteiger partial charge in [-0.2, -0.15) is 10.4 Å². The first-order valence-electron chi connectivity index (χ1n) is 8.33. The van der Waals surface area contributed by atoms with E-state index in [1.807, 2.05) is 42.8 Å². The third-order valence-corrected chi connectivity index (χ3v) is 4.87. The molecule has 0 fully saturated rings. The molecule has 0 saturated heterocycles. The van der Waals surface area contributed by atoms with Gasteiger partial charge in [-0.15, -0.1) is 11.8 Å². The second kappa shape index (κ2) is 8.02. The van der Waals surface area contributed by atoms with Crippen molar-refractivity contribution >= 4 is 34.4 Å². The van der Waals surface area contributed by atoms with E-state index >= 15 is 0 Å². The number of thioether (sulfide) groups is 1. The lowest BCUT2D eigenvalue weighted by Gasteiger charge is -2.10. The highest BCUT2D eigenvalue weighted by atomic mass is 32.2. The van der Waals surface area contributed by atoms with Crippen LogP contribution in [0.5, 0.6) is 0 Å². The number of carbonyl (C=O) groups excluding carboxylic acids is 1. The minimum absolute atomic E-state index is 0.206. The molecule has 7 heteroatoms. The number of benzene rings is 1. The molecule has 0 atom stereocenters. The highest BCUT2D eigenvalue weighted by Gasteiger charge is 2.13. The van der Waals surface area contributed by atoms with Crippen LogP contribution in [0.1, 0.15) is 36.7 Å². The first-order valence-corrected chi connectivity index (χ1v) is 9.32. The lowest BCUT2D eigenvalue weighted by Crippen LogP contribution is -2.13. The van der Waals surface area contributed by atoms with Crippen LogP contribution in [0, 0.1) is 11.3 Å². The summed E-state index contributed by atoms with van der Waals surface area (Å²) in [4.78, 5) is 18.0. The molecule has 26 heavy (non-hydrogen) atoms. The Morgan fingerprint density at radius 3 is 2.92 bits per heavy atom. The highest BCUT2D eigenvalue weighted by molar-refractivity contribution is 7.99. The monoisotopic (exact) mass is 365 g/mol. The van der Waals surface area contributed by atoms with Gasteiger partial charge in [-0.05, 0) is 32.0 Å². The molecule has 0 saturated carbocycles. The van der Waals surface area contributed by atoms with Crippen molar-refractivity contribution in [2.75, 3.05) is 11.1 Å². The molecule has 0 radical (unpaired) electrons. The molecule has 2 heterocycles. The summed E-state index contributed by atoms with van der Waals surface area (Å²) in [6.45, 7) is 4.07. The number of nitrogens with zero attached hydrogens (tertiary/aromatic N) is 4. The Bertz CT molecular complexity index is 973. The third kappa shape index (κ3) is 3.86. The van der Waals surface area contributed by atoms with Gasteiger partial charge in [-0.1, -0.05) is 12.1 Å². The average molecular weight is 365 g/mol. The third-order valence-electron chi connectivity index (χ3n) is 3.79. The van der Waals surface area contributed by atoms with Crippen LogP contribution in [0.15, 0.2) is 47.6 Å². The minimum Gasteiger partial charge on any atom is -0.321 e. The molecule has 3 rings (SSSR count). The zero-order valence-corrected chi connectivity index (χ0v) is 15.5. The molecular weight excluding hydrogens is 346 g/mol. The zero-order valence-electron chi connectivity index (χ0n) is 14.6. The van der Waals surface area contributed by atoms with Crippen molar-refractivity contribution in [1.82, 2.24) is 14.8 Å². The average Bonchev–Trinajstić information content (AvgIpc) is 3.06. The largest absolute Gasteiger partial charge is 0.321 e. The van der Waals surface area contributed by atoms with E-state index in [0.29, 0.717) is 17.7 Å². The molecule has 0 bridgehead atoms. The Morgan fingerprint density at radius 2 is 2.15 bits per heavy atom. The van der Waals surface area contributed by atoms with Gasteiger partial charge < -0.3 is 5.32 Å². The van der Waals surface area contributed by atoms with Crippen LogP contribution >= 0.6 is 11.8 Å². The van der Waals surface area contributed by atoms with Crippen molar-refractivity contribution < 1.29 is 4.79 Å². The summed E-state index contributed by atoms with van der Waals surface area (Å²) in [6, 6.07) is 11.7. The van der Waals surface area contributed by atoms with Gasteiger partial charge in [0.2, 0.25) is 0 Å². The van der Waals surface area contributed by atoms with Crippen LogP contribution in [0.3, 0.4) is 0 Å². The molecule has 3 aromatic rings. The van der Waals surface area contributed by atoms with E-state index in [0.717, 1.165) is 21.6 Å². The first-order chi connectivity index (χ1) is 12.6. The molecule has 0 aliphatic carbocycles. The van der Waals surface area contributed by atoms with Crippen LogP contribution in [-0.2, 0) is 0 Å². The number of rotatable bonds is 6. The molecule has 1 amide bonds. The second-order valence-corrected chi connectivity index (χ2v) is 7.16. The molecule has 0 aliphatic rings. The Hall–Kier alpha value is -2.85. The van der Waals surface area contributed by atoms with Crippen LogP contribution in [0.25, 0.3) is 11.0 Å². The lowest BCUT2D eigenvalue weighted by atomic mass is 10.2. The maximum atomic E-state index is 12.6. The topological polar surface area (TPSA) is 83.6 Å². The molecule has 2 aromatic heterocycles. The number of aromatic nitrogens is 3. The number of hydrogen-bond acceptors (Lipinski definition) is 5. The molecule has 0 spiro atoms. The van der Waals surface area contributed by atoms with Gasteiger partial charge in [0.1, 0.15) is 0 Å². The van der Waals surface area contributed by atoms with E-state index in [9.17, 15) is 4.79 Å². The predicted molar refractivity (Wildman–Crippen MR) is 103 cm³/mol. The van der Waals surface area contributed by atoms with Crippen molar-refractivity contribution in [3.05, 3.63) is 48.3 Å². The number of amides is 1. The smallest absolute Gasteiger partial charge is 0.257 e. The number of fused-ring (bicyclic) bond motifs is 1. The van der Waals surface area contributed by atoms with Gasteiger partial charge in [0, 0.05) is 34.7 Å². The molecular formula is C19H19N5OS. The molecule has 1 aromatic carbocycles. The fraction of sp³-hybridized carbons (Fsp3) is 0.263. The van der Waals surface area contributed by atoms with E-state index < -0.39 is 0 Å². The summed E-state index contributed by atoms with van der Waals surface area (Å²) in [7, 11) is 0.